The van der Waals surface area contributed by atoms with E-state index in [0.29, 0.717) is 12.2 Å². The summed E-state index contributed by atoms with van der Waals surface area (Å²) in [7, 11) is 0. The molecule has 0 radical (unpaired) electrons. The molecule has 1 fully saturated rings. The highest BCUT2D eigenvalue weighted by atomic mass is 16.2. The van der Waals surface area contributed by atoms with Gasteiger partial charge in [0, 0.05) is 49.9 Å². The summed E-state index contributed by atoms with van der Waals surface area (Å²) in [6, 6.07) is 7.30. The van der Waals surface area contributed by atoms with Gasteiger partial charge in [-0.2, -0.15) is 0 Å². The van der Waals surface area contributed by atoms with Gasteiger partial charge in [0.05, 0.1) is 6.54 Å². The Labute approximate surface area is 141 Å². The summed E-state index contributed by atoms with van der Waals surface area (Å²) in [4.78, 5) is 25.1. The van der Waals surface area contributed by atoms with Crippen LogP contribution in [0.3, 0.4) is 0 Å². The van der Waals surface area contributed by atoms with Gasteiger partial charge in [0.2, 0.25) is 11.9 Å². The summed E-state index contributed by atoms with van der Waals surface area (Å²) >= 11 is 0. The third-order valence-corrected chi connectivity index (χ3v) is 4.10. The number of nitrogens with zero attached hydrogens (tertiary/aromatic N) is 4. The van der Waals surface area contributed by atoms with Gasteiger partial charge in [0.25, 0.3) is 0 Å². The first-order valence-electron chi connectivity index (χ1n) is 8.02. The lowest BCUT2D eigenvalue weighted by Gasteiger charge is -2.34. The Kier molecular flexibility index (Phi) is 4.90. The second-order valence-corrected chi connectivity index (χ2v) is 5.93. The lowest BCUT2D eigenvalue weighted by molar-refractivity contribution is -0.117. The first-order chi connectivity index (χ1) is 11.6. The van der Waals surface area contributed by atoms with Crippen LogP contribution in [0.25, 0.3) is 0 Å². The molecule has 0 bridgehead atoms. The van der Waals surface area contributed by atoms with Crippen molar-refractivity contribution >= 4 is 23.2 Å². The molecule has 0 unspecified atom stereocenters. The van der Waals surface area contributed by atoms with Crippen LogP contribution in [0.15, 0.2) is 36.7 Å². The molecule has 0 atom stereocenters. The van der Waals surface area contributed by atoms with Crippen LogP contribution < -0.4 is 16.0 Å². The van der Waals surface area contributed by atoms with Crippen molar-refractivity contribution in [2.45, 2.75) is 6.92 Å². The third kappa shape index (κ3) is 3.99. The van der Waals surface area contributed by atoms with Crippen molar-refractivity contribution in [3.63, 3.8) is 0 Å². The number of amides is 1. The monoisotopic (exact) mass is 326 g/mol. The lowest BCUT2D eigenvalue weighted by Crippen LogP contribution is -2.49. The number of benzene rings is 1. The van der Waals surface area contributed by atoms with Gasteiger partial charge in [0.1, 0.15) is 0 Å². The van der Waals surface area contributed by atoms with E-state index in [9.17, 15) is 4.79 Å². The summed E-state index contributed by atoms with van der Waals surface area (Å²) < 4.78 is 0. The van der Waals surface area contributed by atoms with Crippen LogP contribution in [0, 0.1) is 6.92 Å². The minimum absolute atomic E-state index is 0.00715. The fourth-order valence-electron chi connectivity index (χ4n) is 2.78. The lowest BCUT2D eigenvalue weighted by atomic mass is 10.2. The molecule has 0 spiro atoms. The number of rotatable bonds is 4. The highest BCUT2D eigenvalue weighted by molar-refractivity contribution is 5.93. The average molecular weight is 326 g/mol. The van der Waals surface area contributed by atoms with Gasteiger partial charge in [-0.3, -0.25) is 9.69 Å². The van der Waals surface area contributed by atoms with Crippen molar-refractivity contribution in [2.24, 2.45) is 0 Å². The molecule has 3 rings (SSSR count). The molecule has 2 heterocycles. The van der Waals surface area contributed by atoms with Gasteiger partial charge in [0.15, 0.2) is 0 Å². The Bertz CT molecular complexity index is 697. The maximum atomic E-state index is 12.2. The molecule has 24 heavy (non-hydrogen) atoms. The number of anilines is 3. The molecule has 1 aromatic carbocycles. The van der Waals surface area contributed by atoms with Crippen LogP contribution in [0.1, 0.15) is 5.56 Å². The van der Waals surface area contributed by atoms with Gasteiger partial charge in [-0.1, -0.05) is 0 Å². The topological polar surface area (TPSA) is 87.4 Å². The first-order valence-corrected chi connectivity index (χ1v) is 8.02. The molecular weight excluding hydrogens is 304 g/mol. The number of piperazine rings is 1. The molecular formula is C17H22N6O. The summed E-state index contributed by atoms with van der Waals surface area (Å²) in [5.74, 6) is 0.742. The van der Waals surface area contributed by atoms with E-state index in [1.165, 1.54) is 0 Å². The Morgan fingerprint density at radius 3 is 2.58 bits per heavy atom. The Balaban J connectivity index is 1.50. The third-order valence-electron chi connectivity index (χ3n) is 4.10. The minimum Gasteiger partial charge on any atom is -0.399 e. The second-order valence-electron chi connectivity index (χ2n) is 5.93. The van der Waals surface area contributed by atoms with E-state index in [-0.39, 0.29) is 5.91 Å². The number of hydrogen-bond acceptors (Lipinski definition) is 6. The zero-order chi connectivity index (χ0) is 16.9. The van der Waals surface area contributed by atoms with E-state index >= 15 is 0 Å². The van der Waals surface area contributed by atoms with Crippen molar-refractivity contribution in [3.8, 4) is 0 Å². The van der Waals surface area contributed by atoms with Crippen LogP contribution >= 0.6 is 0 Å². The molecule has 0 saturated carbocycles. The molecule has 2 aromatic rings. The predicted molar refractivity (Wildman–Crippen MR) is 94.9 cm³/mol. The largest absolute Gasteiger partial charge is 0.399 e. The van der Waals surface area contributed by atoms with Crippen LogP contribution in [0.2, 0.25) is 0 Å². The van der Waals surface area contributed by atoms with Crippen molar-refractivity contribution < 1.29 is 4.79 Å². The molecule has 1 aromatic heterocycles. The molecule has 1 aliphatic rings. The molecule has 1 amide bonds. The number of aromatic nitrogens is 2. The summed E-state index contributed by atoms with van der Waals surface area (Å²) in [6.45, 7) is 5.58. The maximum Gasteiger partial charge on any atom is 0.238 e. The maximum absolute atomic E-state index is 12.2. The van der Waals surface area contributed by atoms with E-state index in [1.807, 2.05) is 25.1 Å². The van der Waals surface area contributed by atoms with Crippen LogP contribution in [0.4, 0.5) is 17.3 Å². The van der Waals surface area contributed by atoms with Crippen LogP contribution in [0.5, 0.6) is 0 Å². The number of nitrogens with one attached hydrogen (secondary N) is 1. The molecule has 1 saturated heterocycles. The van der Waals surface area contributed by atoms with E-state index in [0.717, 1.165) is 43.4 Å². The number of carbonyl (C=O) groups excluding carboxylic acids is 1. The quantitative estimate of drug-likeness (QED) is 0.819. The van der Waals surface area contributed by atoms with Crippen molar-refractivity contribution in [2.75, 3.05) is 48.7 Å². The smallest absolute Gasteiger partial charge is 0.238 e. The van der Waals surface area contributed by atoms with E-state index in [4.69, 9.17) is 5.73 Å². The van der Waals surface area contributed by atoms with Gasteiger partial charge < -0.3 is 16.0 Å². The molecule has 126 valence electrons. The SMILES string of the molecule is Cc1cc(N)ccc1NC(=O)CN1CCN(c2ncccn2)CC1. The number of aryl methyl sites for hydroxylation is 1. The van der Waals surface area contributed by atoms with Crippen LogP contribution in [-0.4, -0.2) is 53.5 Å². The normalized spacial score (nSPS) is 15.3. The number of hydrogen-bond donors (Lipinski definition) is 2. The van der Waals surface area contributed by atoms with Gasteiger partial charge in [-0.25, -0.2) is 9.97 Å². The van der Waals surface area contributed by atoms with Crippen molar-refractivity contribution in [1.29, 1.82) is 0 Å². The van der Waals surface area contributed by atoms with Crippen molar-refractivity contribution in [1.82, 2.24) is 14.9 Å². The summed E-state index contributed by atoms with van der Waals surface area (Å²) in [6.07, 6.45) is 3.49. The predicted octanol–water partition coefficient (Wildman–Crippen LogP) is 1.13. The highest BCUT2D eigenvalue weighted by Gasteiger charge is 2.20. The molecule has 3 N–H and O–H groups in total. The van der Waals surface area contributed by atoms with E-state index < -0.39 is 0 Å². The highest BCUT2D eigenvalue weighted by Crippen LogP contribution is 2.17. The van der Waals surface area contributed by atoms with Gasteiger partial charge >= 0.3 is 0 Å². The fraction of sp³-hybridized carbons (Fsp3) is 0.353. The Morgan fingerprint density at radius 1 is 1.21 bits per heavy atom. The summed E-state index contributed by atoms with van der Waals surface area (Å²) in [5, 5.41) is 2.95. The molecule has 0 aliphatic carbocycles. The number of carbonyl (C=O) groups is 1. The Morgan fingerprint density at radius 2 is 1.92 bits per heavy atom. The zero-order valence-corrected chi connectivity index (χ0v) is 13.8. The number of nitrogens with two attached hydrogens (primary N) is 1. The molecule has 7 heteroatoms. The first kappa shape index (κ1) is 16.2. The standard InChI is InChI=1S/C17H22N6O/c1-13-11-14(18)3-4-15(13)21-16(24)12-22-7-9-23(10-8-22)17-19-5-2-6-20-17/h2-6,11H,7-10,12,18H2,1H3,(H,21,24). The van der Waals surface area contributed by atoms with Crippen molar-refractivity contribution in [3.05, 3.63) is 42.2 Å². The molecule has 7 nitrogen and oxygen atoms in total. The van der Waals surface area contributed by atoms with E-state index in [1.54, 1.807) is 18.5 Å². The fourth-order valence-corrected chi connectivity index (χ4v) is 2.78. The Hall–Kier alpha value is -2.67. The van der Waals surface area contributed by atoms with E-state index in [2.05, 4.69) is 25.1 Å². The summed E-state index contributed by atoms with van der Waals surface area (Å²) in [5.41, 5.74) is 8.21. The molecule has 1 aliphatic heterocycles. The second kappa shape index (κ2) is 7.27. The zero-order valence-electron chi connectivity index (χ0n) is 13.8. The average Bonchev–Trinajstić information content (AvgIpc) is 2.59. The minimum atomic E-state index is -0.00715. The van der Waals surface area contributed by atoms with Gasteiger partial charge in [-0.15, -0.1) is 0 Å². The van der Waals surface area contributed by atoms with Gasteiger partial charge in [-0.05, 0) is 36.8 Å². The number of nitrogen functional groups attached to an aromatic ring is 1. The van der Waals surface area contributed by atoms with Crippen LogP contribution in [-0.2, 0) is 4.79 Å².